The summed E-state index contributed by atoms with van der Waals surface area (Å²) >= 11 is 1.68. The molecule has 0 radical (unpaired) electrons. The second kappa shape index (κ2) is 10.5. The van der Waals surface area contributed by atoms with Gasteiger partial charge in [0.2, 0.25) is 0 Å². The Balaban J connectivity index is 0.00000264. The number of benzene rings is 1. The number of hydrogen-bond acceptors (Lipinski definition) is 3. The highest BCUT2D eigenvalue weighted by atomic mass is 127. The van der Waals surface area contributed by atoms with Crippen LogP contribution in [0.5, 0.6) is 0 Å². The Bertz CT molecular complexity index is 630. The van der Waals surface area contributed by atoms with Crippen LogP contribution in [0.4, 0.5) is 4.39 Å². The van der Waals surface area contributed by atoms with E-state index in [2.05, 4.69) is 32.9 Å². The van der Waals surface area contributed by atoms with Gasteiger partial charge in [0.1, 0.15) is 5.82 Å². The van der Waals surface area contributed by atoms with E-state index in [0.29, 0.717) is 13.1 Å². The molecule has 23 heavy (non-hydrogen) atoms. The van der Waals surface area contributed by atoms with E-state index in [4.69, 9.17) is 0 Å². The summed E-state index contributed by atoms with van der Waals surface area (Å²) in [7, 11) is 1.73. The molecule has 0 saturated heterocycles. The Morgan fingerprint density at radius 2 is 2.17 bits per heavy atom. The van der Waals surface area contributed by atoms with Crippen LogP contribution in [0.15, 0.2) is 34.6 Å². The molecule has 4 nitrogen and oxygen atoms in total. The molecule has 0 spiro atoms. The molecule has 0 bridgehead atoms. The molecule has 0 amide bonds. The molecule has 7 heteroatoms. The van der Waals surface area contributed by atoms with Crippen LogP contribution < -0.4 is 10.6 Å². The molecule has 0 saturated carbocycles. The van der Waals surface area contributed by atoms with Crippen molar-refractivity contribution in [3.05, 3.63) is 51.7 Å². The lowest BCUT2D eigenvalue weighted by atomic mass is 10.1. The monoisotopic (exact) mass is 448 g/mol. The van der Waals surface area contributed by atoms with Crippen molar-refractivity contribution in [3.63, 3.8) is 0 Å². The lowest BCUT2D eigenvalue weighted by Gasteiger charge is -2.11. The van der Waals surface area contributed by atoms with Crippen molar-refractivity contribution in [2.45, 2.75) is 26.3 Å². The minimum absolute atomic E-state index is 0. The van der Waals surface area contributed by atoms with Crippen molar-refractivity contribution >= 4 is 41.3 Å². The fourth-order valence-electron chi connectivity index (χ4n) is 2.01. The van der Waals surface area contributed by atoms with Crippen molar-refractivity contribution in [1.82, 2.24) is 15.6 Å². The van der Waals surface area contributed by atoms with E-state index in [-0.39, 0.29) is 29.8 Å². The van der Waals surface area contributed by atoms with E-state index in [1.807, 2.05) is 6.07 Å². The number of aromatic nitrogens is 1. The van der Waals surface area contributed by atoms with E-state index < -0.39 is 0 Å². The molecule has 0 aliphatic carbocycles. The smallest absolute Gasteiger partial charge is 0.191 e. The third-order valence-electron chi connectivity index (χ3n) is 3.16. The first-order valence-corrected chi connectivity index (χ1v) is 8.21. The molecule has 1 aromatic carbocycles. The van der Waals surface area contributed by atoms with Crippen molar-refractivity contribution in [2.24, 2.45) is 4.99 Å². The number of hydrogen-bond donors (Lipinski definition) is 2. The van der Waals surface area contributed by atoms with Crippen molar-refractivity contribution in [1.29, 1.82) is 0 Å². The topological polar surface area (TPSA) is 49.3 Å². The highest BCUT2D eigenvalue weighted by Gasteiger charge is 2.02. The van der Waals surface area contributed by atoms with Crippen molar-refractivity contribution in [2.75, 3.05) is 13.6 Å². The minimum atomic E-state index is -0.199. The third-order valence-corrected chi connectivity index (χ3v) is 4.20. The molecule has 126 valence electrons. The van der Waals surface area contributed by atoms with Gasteiger partial charge >= 0.3 is 0 Å². The zero-order chi connectivity index (χ0) is 15.8. The summed E-state index contributed by atoms with van der Waals surface area (Å²) in [6.07, 6.45) is 1.71. The number of nitrogens with zero attached hydrogens (tertiary/aromatic N) is 2. The average Bonchev–Trinajstić information content (AvgIpc) is 2.99. The Kier molecular flexibility index (Phi) is 9.08. The zero-order valence-corrected chi connectivity index (χ0v) is 16.5. The number of aryl methyl sites for hydroxylation is 1. The number of nitrogens with one attached hydrogen (secondary N) is 2. The standard InChI is InChI=1S/C16H21FN4S.HI/c1-3-15-21-14(11-22-15)10-20-16(18-2)19-8-7-12-5-4-6-13(17)9-12;/h4-6,9,11H,3,7-8,10H2,1-2H3,(H2,18,19,20);1H. The summed E-state index contributed by atoms with van der Waals surface area (Å²) in [5.41, 5.74) is 1.99. The maximum Gasteiger partial charge on any atom is 0.191 e. The zero-order valence-electron chi connectivity index (χ0n) is 13.3. The van der Waals surface area contributed by atoms with Crippen molar-refractivity contribution < 1.29 is 4.39 Å². The van der Waals surface area contributed by atoms with Gasteiger partial charge in [0, 0.05) is 19.0 Å². The van der Waals surface area contributed by atoms with Gasteiger partial charge in [-0.25, -0.2) is 9.37 Å². The van der Waals surface area contributed by atoms with Gasteiger partial charge in [-0.2, -0.15) is 0 Å². The number of halogens is 2. The van der Waals surface area contributed by atoms with Gasteiger partial charge in [-0.3, -0.25) is 4.99 Å². The summed E-state index contributed by atoms with van der Waals surface area (Å²) in [5.74, 6) is 0.526. The van der Waals surface area contributed by atoms with Gasteiger partial charge in [-0.15, -0.1) is 35.3 Å². The molecule has 2 N–H and O–H groups in total. The predicted octanol–water partition coefficient (Wildman–Crippen LogP) is 3.37. The molecular weight excluding hydrogens is 426 g/mol. The largest absolute Gasteiger partial charge is 0.356 e. The van der Waals surface area contributed by atoms with E-state index in [0.717, 1.165) is 35.1 Å². The number of guanidine groups is 1. The quantitative estimate of drug-likeness (QED) is 0.405. The molecule has 2 aromatic rings. The molecule has 0 unspecified atom stereocenters. The van der Waals surface area contributed by atoms with Gasteiger partial charge in [0.05, 0.1) is 17.2 Å². The Morgan fingerprint density at radius 3 is 2.83 bits per heavy atom. The highest BCUT2D eigenvalue weighted by molar-refractivity contribution is 14.0. The molecular formula is C16H22FIN4S. The summed E-state index contributed by atoms with van der Waals surface area (Å²) in [4.78, 5) is 8.68. The normalized spacial score (nSPS) is 11.0. The fraction of sp³-hybridized carbons (Fsp3) is 0.375. The van der Waals surface area contributed by atoms with Gasteiger partial charge in [0.15, 0.2) is 5.96 Å². The number of rotatable bonds is 6. The molecule has 0 aliphatic heterocycles. The Labute approximate surface area is 157 Å². The van der Waals surface area contributed by atoms with Crippen LogP contribution in [0, 0.1) is 5.82 Å². The highest BCUT2D eigenvalue weighted by Crippen LogP contribution is 2.09. The van der Waals surface area contributed by atoms with Gasteiger partial charge < -0.3 is 10.6 Å². The first-order valence-electron chi connectivity index (χ1n) is 7.33. The predicted molar refractivity (Wildman–Crippen MR) is 105 cm³/mol. The molecule has 0 aliphatic rings. The number of thiazole rings is 1. The van der Waals surface area contributed by atoms with Crippen molar-refractivity contribution in [3.8, 4) is 0 Å². The van der Waals surface area contributed by atoms with Gasteiger partial charge in [-0.05, 0) is 30.5 Å². The van der Waals surface area contributed by atoms with E-state index in [9.17, 15) is 4.39 Å². The van der Waals surface area contributed by atoms with Crippen LogP contribution in [-0.2, 0) is 19.4 Å². The summed E-state index contributed by atoms with van der Waals surface area (Å²) < 4.78 is 13.1. The second-order valence-electron chi connectivity index (χ2n) is 4.82. The summed E-state index contributed by atoms with van der Waals surface area (Å²) in [6.45, 7) is 3.44. The maximum absolute atomic E-state index is 13.1. The van der Waals surface area contributed by atoms with Gasteiger partial charge in [-0.1, -0.05) is 19.1 Å². The Morgan fingerprint density at radius 1 is 1.35 bits per heavy atom. The first-order chi connectivity index (χ1) is 10.7. The van der Waals surface area contributed by atoms with E-state index in [1.165, 1.54) is 6.07 Å². The first kappa shape index (κ1) is 19.8. The molecule has 1 aromatic heterocycles. The maximum atomic E-state index is 13.1. The van der Waals surface area contributed by atoms with Crippen LogP contribution in [0.2, 0.25) is 0 Å². The average molecular weight is 448 g/mol. The summed E-state index contributed by atoms with van der Waals surface area (Å²) in [5, 5.41) is 9.66. The third kappa shape index (κ3) is 6.82. The SMILES string of the molecule is CCc1nc(CNC(=NC)NCCc2cccc(F)c2)cs1.I. The molecule has 0 atom stereocenters. The Hall–Kier alpha value is -1.22. The van der Waals surface area contributed by atoms with E-state index >= 15 is 0 Å². The lowest BCUT2D eigenvalue weighted by Crippen LogP contribution is -2.37. The lowest BCUT2D eigenvalue weighted by molar-refractivity contribution is 0.625. The van der Waals surface area contributed by atoms with Crippen LogP contribution in [0.3, 0.4) is 0 Å². The molecule has 0 fully saturated rings. The minimum Gasteiger partial charge on any atom is -0.356 e. The van der Waals surface area contributed by atoms with Crippen LogP contribution in [0.25, 0.3) is 0 Å². The summed E-state index contributed by atoms with van der Waals surface area (Å²) in [6, 6.07) is 6.66. The van der Waals surface area contributed by atoms with Crippen LogP contribution in [-0.4, -0.2) is 24.5 Å². The second-order valence-corrected chi connectivity index (χ2v) is 5.76. The fourth-order valence-corrected chi connectivity index (χ4v) is 2.75. The van der Waals surface area contributed by atoms with E-state index in [1.54, 1.807) is 30.5 Å². The van der Waals surface area contributed by atoms with Crippen LogP contribution in [0.1, 0.15) is 23.2 Å². The number of aliphatic imine (C=N–C) groups is 1. The van der Waals surface area contributed by atoms with Crippen LogP contribution >= 0.6 is 35.3 Å². The molecule has 1 heterocycles. The van der Waals surface area contributed by atoms with Gasteiger partial charge in [0.25, 0.3) is 0 Å². The molecule has 2 rings (SSSR count).